The van der Waals surface area contributed by atoms with Gasteiger partial charge in [-0.1, -0.05) is 51.3 Å². The number of hydrogen-bond acceptors (Lipinski definition) is 5. The van der Waals surface area contributed by atoms with Crippen LogP contribution in [-0.2, 0) is 6.42 Å². The second kappa shape index (κ2) is 7.47. The minimum atomic E-state index is 0.0251. The molecule has 1 heterocycles. The molecule has 0 atom stereocenters. The average Bonchev–Trinajstić information content (AvgIpc) is 2.55. The normalized spacial score (nSPS) is 10.7. The van der Waals surface area contributed by atoms with Gasteiger partial charge in [0.05, 0.1) is 10.6 Å². The molecular formula is C17H13BrCl2N4O. The highest BCUT2D eigenvalue weighted by Crippen LogP contribution is 2.34. The first-order chi connectivity index (χ1) is 11.9. The van der Waals surface area contributed by atoms with Crippen molar-refractivity contribution in [2.45, 2.75) is 6.42 Å². The summed E-state index contributed by atoms with van der Waals surface area (Å²) in [5.74, 6) is 0.949. The topological polar surface area (TPSA) is 87.0 Å². The van der Waals surface area contributed by atoms with Crippen molar-refractivity contribution in [2.75, 3.05) is 11.5 Å². The SMILES string of the molecule is Nc1nc(N)c(Cc2ccc(Br)cc2)c(Oc2ccc(Cl)cc2Cl)n1. The number of hydrogen-bond donors (Lipinski definition) is 2. The molecule has 0 saturated heterocycles. The molecule has 3 rings (SSSR count). The van der Waals surface area contributed by atoms with Crippen LogP contribution in [0, 0.1) is 0 Å². The van der Waals surface area contributed by atoms with Crippen LogP contribution in [0.4, 0.5) is 11.8 Å². The van der Waals surface area contributed by atoms with Gasteiger partial charge in [0.25, 0.3) is 0 Å². The van der Waals surface area contributed by atoms with E-state index in [1.54, 1.807) is 18.2 Å². The van der Waals surface area contributed by atoms with Gasteiger partial charge in [-0.15, -0.1) is 0 Å². The zero-order valence-electron chi connectivity index (χ0n) is 12.8. The first-order valence-corrected chi connectivity index (χ1v) is 8.76. The Bertz CT molecular complexity index is 919. The van der Waals surface area contributed by atoms with E-state index >= 15 is 0 Å². The molecule has 3 aromatic rings. The first-order valence-electron chi connectivity index (χ1n) is 7.21. The van der Waals surface area contributed by atoms with Gasteiger partial charge in [-0.2, -0.15) is 9.97 Å². The summed E-state index contributed by atoms with van der Waals surface area (Å²) in [6.07, 6.45) is 0.486. The fourth-order valence-electron chi connectivity index (χ4n) is 2.22. The third-order valence-corrected chi connectivity index (χ3v) is 4.47. The Balaban J connectivity index is 1.98. The third kappa shape index (κ3) is 4.34. The number of rotatable bonds is 4. The predicted molar refractivity (Wildman–Crippen MR) is 104 cm³/mol. The van der Waals surface area contributed by atoms with Crippen molar-refractivity contribution in [1.82, 2.24) is 9.97 Å². The maximum atomic E-state index is 6.17. The standard InChI is InChI=1S/C17H13BrCl2N4O/c18-10-3-1-9(2-4-10)7-12-15(21)23-17(22)24-16(12)25-14-6-5-11(19)8-13(14)20/h1-6,8H,7H2,(H4,21,22,23,24). The van der Waals surface area contributed by atoms with Gasteiger partial charge in [0.1, 0.15) is 11.6 Å². The van der Waals surface area contributed by atoms with Crippen LogP contribution in [-0.4, -0.2) is 9.97 Å². The summed E-state index contributed by atoms with van der Waals surface area (Å²) in [5.41, 5.74) is 13.4. The maximum Gasteiger partial charge on any atom is 0.229 e. The van der Waals surface area contributed by atoms with Gasteiger partial charge in [-0.05, 0) is 35.9 Å². The number of ether oxygens (including phenoxy) is 1. The van der Waals surface area contributed by atoms with Crippen molar-refractivity contribution in [3.8, 4) is 11.6 Å². The number of nitrogen functional groups attached to an aromatic ring is 2. The fourth-order valence-corrected chi connectivity index (χ4v) is 2.93. The number of anilines is 2. The summed E-state index contributed by atoms with van der Waals surface area (Å²) in [7, 11) is 0. The fraction of sp³-hybridized carbons (Fsp3) is 0.0588. The predicted octanol–water partition coefficient (Wildman–Crippen LogP) is 5.09. The van der Waals surface area contributed by atoms with E-state index < -0.39 is 0 Å². The second-order valence-corrected chi connectivity index (χ2v) is 6.99. The highest BCUT2D eigenvalue weighted by atomic mass is 79.9. The molecule has 0 unspecified atom stereocenters. The van der Waals surface area contributed by atoms with Crippen LogP contribution in [0.2, 0.25) is 10.0 Å². The Morgan fingerprint density at radius 3 is 2.40 bits per heavy atom. The Labute approximate surface area is 163 Å². The van der Waals surface area contributed by atoms with Crippen molar-refractivity contribution in [3.63, 3.8) is 0 Å². The number of halogens is 3. The lowest BCUT2D eigenvalue weighted by atomic mass is 10.1. The highest BCUT2D eigenvalue weighted by molar-refractivity contribution is 9.10. The molecule has 1 aromatic heterocycles. The number of nitrogens with two attached hydrogens (primary N) is 2. The first kappa shape index (κ1) is 17.8. The minimum absolute atomic E-state index is 0.0251. The Hall–Kier alpha value is -2.02. The molecule has 0 fully saturated rings. The lowest BCUT2D eigenvalue weighted by molar-refractivity contribution is 0.457. The van der Waals surface area contributed by atoms with E-state index in [1.807, 2.05) is 24.3 Å². The summed E-state index contributed by atoms with van der Waals surface area (Å²) >= 11 is 15.5. The summed E-state index contributed by atoms with van der Waals surface area (Å²) in [5, 5.41) is 0.868. The number of benzene rings is 2. The molecule has 0 aliphatic rings. The summed E-state index contributed by atoms with van der Waals surface area (Å²) in [6.45, 7) is 0. The maximum absolute atomic E-state index is 6.17. The van der Waals surface area contributed by atoms with Crippen LogP contribution in [0.5, 0.6) is 11.6 Å². The molecule has 0 saturated carbocycles. The number of aromatic nitrogens is 2. The molecule has 2 aromatic carbocycles. The minimum Gasteiger partial charge on any atom is -0.437 e. The van der Waals surface area contributed by atoms with Crippen molar-refractivity contribution >= 4 is 50.9 Å². The molecule has 0 bridgehead atoms. The van der Waals surface area contributed by atoms with Gasteiger partial charge in [0.2, 0.25) is 11.8 Å². The van der Waals surface area contributed by atoms with Crippen LogP contribution in [0.15, 0.2) is 46.9 Å². The third-order valence-electron chi connectivity index (χ3n) is 3.41. The molecule has 0 amide bonds. The second-order valence-electron chi connectivity index (χ2n) is 5.23. The molecule has 25 heavy (non-hydrogen) atoms. The van der Waals surface area contributed by atoms with Gasteiger partial charge in [-0.25, -0.2) is 0 Å². The van der Waals surface area contributed by atoms with E-state index in [4.69, 9.17) is 39.4 Å². The molecular weight excluding hydrogens is 427 g/mol. The lowest BCUT2D eigenvalue weighted by Crippen LogP contribution is -2.07. The zero-order chi connectivity index (χ0) is 18.0. The van der Waals surface area contributed by atoms with Crippen LogP contribution >= 0.6 is 39.1 Å². The molecule has 0 spiro atoms. The van der Waals surface area contributed by atoms with E-state index in [-0.39, 0.29) is 17.6 Å². The smallest absolute Gasteiger partial charge is 0.229 e. The van der Waals surface area contributed by atoms with E-state index in [0.29, 0.717) is 27.8 Å². The Morgan fingerprint density at radius 1 is 1.00 bits per heavy atom. The van der Waals surface area contributed by atoms with Crippen molar-refractivity contribution < 1.29 is 4.74 Å². The Kier molecular flexibility index (Phi) is 5.32. The van der Waals surface area contributed by atoms with Gasteiger partial charge < -0.3 is 16.2 Å². The molecule has 0 radical (unpaired) electrons. The molecule has 0 aliphatic heterocycles. The average molecular weight is 440 g/mol. The zero-order valence-corrected chi connectivity index (χ0v) is 15.9. The molecule has 5 nitrogen and oxygen atoms in total. The highest BCUT2D eigenvalue weighted by Gasteiger charge is 2.16. The van der Waals surface area contributed by atoms with Crippen molar-refractivity contribution in [3.05, 3.63) is 68.1 Å². The molecule has 4 N–H and O–H groups in total. The lowest BCUT2D eigenvalue weighted by Gasteiger charge is -2.13. The summed E-state index contributed by atoms with van der Waals surface area (Å²) in [6, 6.07) is 12.7. The monoisotopic (exact) mass is 438 g/mol. The van der Waals surface area contributed by atoms with E-state index in [9.17, 15) is 0 Å². The summed E-state index contributed by atoms with van der Waals surface area (Å²) in [4.78, 5) is 8.20. The van der Waals surface area contributed by atoms with Gasteiger partial charge in [-0.3, -0.25) is 0 Å². The van der Waals surface area contributed by atoms with Gasteiger partial charge in [0.15, 0.2) is 0 Å². The number of nitrogens with zero attached hydrogens (tertiary/aromatic N) is 2. The summed E-state index contributed by atoms with van der Waals surface area (Å²) < 4.78 is 6.83. The molecule has 128 valence electrons. The largest absolute Gasteiger partial charge is 0.437 e. The van der Waals surface area contributed by atoms with Gasteiger partial charge in [0, 0.05) is 15.9 Å². The van der Waals surface area contributed by atoms with Crippen LogP contribution in [0.3, 0.4) is 0 Å². The molecule has 0 aliphatic carbocycles. The van der Waals surface area contributed by atoms with E-state index in [2.05, 4.69) is 25.9 Å². The van der Waals surface area contributed by atoms with Crippen molar-refractivity contribution in [1.29, 1.82) is 0 Å². The van der Waals surface area contributed by atoms with Crippen LogP contribution in [0.25, 0.3) is 0 Å². The van der Waals surface area contributed by atoms with Gasteiger partial charge >= 0.3 is 0 Å². The Morgan fingerprint density at radius 2 is 1.72 bits per heavy atom. The van der Waals surface area contributed by atoms with E-state index in [0.717, 1.165) is 10.0 Å². The van der Waals surface area contributed by atoms with Crippen LogP contribution in [0.1, 0.15) is 11.1 Å². The van der Waals surface area contributed by atoms with Crippen LogP contribution < -0.4 is 16.2 Å². The quantitative estimate of drug-likeness (QED) is 0.590. The molecule has 8 heteroatoms. The van der Waals surface area contributed by atoms with E-state index in [1.165, 1.54) is 0 Å². The van der Waals surface area contributed by atoms with Crippen molar-refractivity contribution in [2.24, 2.45) is 0 Å².